The predicted octanol–water partition coefficient (Wildman–Crippen LogP) is -0.0758. The average molecular weight is 270 g/mol. The molecule has 1 saturated heterocycles. The van der Waals surface area contributed by atoms with Crippen molar-refractivity contribution in [1.29, 1.82) is 0 Å². The standard InChI is InChI=1S/C10H18N6OS/c1-7(17)12-8-2-4-16(5-3-8)6-9-10(13-11)18-15-14-9/h8,13H,2-6,11H2,1H3,(H,12,17). The van der Waals surface area contributed by atoms with Crippen LogP contribution in [-0.4, -0.2) is 39.5 Å². The number of piperidine rings is 1. The molecule has 1 amide bonds. The van der Waals surface area contributed by atoms with Crippen LogP contribution < -0.4 is 16.6 Å². The lowest BCUT2D eigenvalue weighted by Crippen LogP contribution is -2.43. The number of rotatable bonds is 4. The molecule has 18 heavy (non-hydrogen) atoms. The molecule has 0 unspecified atom stereocenters. The molecule has 8 heteroatoms. The first kappa shape index (κ1) is 13.2. The first-order chi connectivity index (χ1) is 8.69. The van der Waals surface area contributed by atoms with E-state index in [1.807, 2.05) is 0 Å². The molecule has 1 aromatic heterocycles. The normalized spacial score (nSPS) is 17.7. The molecule has 1 aliphatic heterocycles. The van der Waals surface area contributed by atoms with Crippen LogP contribution >= 0.6 is 11.5 Å². The Hall–Kier alpha value is -1.25. The Morgan fingerprint density at radius 3 is 2.89 bits per heavy atom. The number of nitrogens with two attached hydrogens (primary N) is 1. The molecule has 1 aliphatic rings. The van der Waals surface area contributed by atoms with Gasteiger partial charge in [-0.05, 0) is 12.8 Å². The Kier molecular flexibility index (Phi) is 4.45. The molecular formula is C10H18N6OS. The van der Waals surface area contributed by atoms with Crippen LogP contribution in [0.3, 0.4) is 0 Å². The molecule has 0 spiro atoms. The summed E-state index contributed by atoms with van der Waals surface area (Å²) >= 11 is 1.27. The van der Waals surface area contributed by atoms with Gasteiger partial charge in [0, 0.05) is 44.1 Å². The van der Waals surface area contributed by atoms with Gasteiger partial charge in [-0.2, -0.15) is 0 Å². The van der Waals surface area contributed by atoms with Gasteiger partial charge in [0.05, 0.1) is 0 Å². The Labute approximate surface area is 110 Å². The van der Waals surface area contributed by atoms with Gasteiger partial charge >= 0.3 is 0 Å². The van der Waals surface area contributed by atoms with Gasteiger partial charge < -0.3 is 10.7 Å². The van der Waals surface area contributed by atoms with Gasteiger partial charge in [0.2, 0.25) is 5.91 Å². The third-order valence-electron chi connectivity index (χ3n) is 3.06. The van der Waals surface area contributed by atoms with Crippen molar-refractivity contribution in [2.24, 2.45) is 5.84 Å². The van der Waals surface area contributed by atoms with Gasteiger partial charge in [0.25, 0.3) is 0 Å². The quantitative estimate of drug-likeness (QED) is 0.523. The minimum Gasteiger partial charge on any atom is -0.354 e. The SMILES string of the molecule is CC(=O)NC1CCN(Cc2nnsc2NN)CC1. The fraction of sp³-hybridized carbons (Fsp3) is 0.700. The lowest BCUT2D eigenvalue weighted by molar-refractivity contribution is -0.119. The van der Waals surface area contributed by atoms with Crippen molar-refractivity contribution < 1.29 is 4.79 Å². The Morgan fingerprint density at radius 2 is 2.28 bits per heavy atom. The number of likely N-dealkylation sites (tertiary alicyclic amines) is 1. The molecule has 100 valence electrons. The van der Waals surface area contributed by atoms with E-state index in [0.717, 1.165) is 43.2 Å². The number of nitrogen functional groups attached to an aromatic ring is 1. The molecular weight excluding hydrogens is 252 g/mol. The number of carbonyl (C=O) groups excluding carboxylic acids is 1. The molecule has 0 radical (unpaired) electrons. The summed E-state index contributed by atoms with van der Waals surface area (Å²) in [6.45, 7) is 4.22. The highest BCUT2D eigenvalue weighted by molar-refractivity contribution is 7.10. The Morgan fingerprint density at radius 1 is 1.56 bits per heavy atom. The van der Waals surface area contributed by atoms with Crippen molar-refractivity contribution in [2.75, 3.05) is 18.5 Å². The van der Waals surface area contributed by atoms with Crippen LogP contribution in [0.5, 0.6) is 0 Å². The third kappa shape index (κ3) is 3.37. The highest BCUT2D eigenvalue weighted by atomic mass is 32.1. The molecule has 0 aromatic carbocycles. The summed E-state index contributed by atoms with van der Waals surface area (Å²) < 4.78 is 3.88. The molecule has 7 nitrogen and oxygen atoms in total. The van der Waals surface area contributed by atoms with Crippen molar-refractivity contribution in [3.8, 4) is 0 Å². The maximum absolute atomic E-state index is 11.0. The van der Waals surface area contributed by atoms with Crippen LogP contribution in [0.2, 0.25) is 0 Å². The number of anilines is 1. The van der Waals surface area contributed by atoms with Gasteiger partial charge in [0.15, 0.2) is 0 Å². The first-order valence-electron chi connectivity index (χ1n) is 5.96. The molecule has 4 N–H and O–H groups in total. The monoisotopic (exact) mass is 270 g/mol. The molecule has 0 bridgehead atoms. The zero-order valence-electron chi connectivity index (χ0n) is 10.3. The first-order valence-corrected chi connectivity index (χ1v) is 6.73. The number of hydrogen-bond acceptors (Lipinski definition) is 7. The summed E-state index contributed by atoms with van der Waals surface area (Å²) in [4.78, 5) is 13.3. The second-order valence-electron chi connectivity index (χ2n) is 4.44. The van der Waals surface area contributed by atoms with E-state index >= 15 is 0 Å². The lowest BCUT2D eigenvalue weighted by Gasteiger charge is -2.31. The minimum atomic E-state index is 0.0479. The van der Waals surface area contributed by atoms with Gasteiger partial charge in [-0.3, -0.25) is 9.69 Å². The fourth-order valence-corrected chi connectivity index (χ4v) is 2.64. The van der Waals surface area contributed by atoms with Gasteiger partial charge in [-0.25, -0.2) is 5.84 Å². The van der Waals surface area contributed by atoms with Crippen LogP contribution in [0.15, 0.2) is 0 Å². The average Bonchev–Trinajstić information content (AvgIpc) is 2.78. The number of hydrazine groups is 1. The maximum atomic E-state index is 11.0. The summed E-state index contributed by atoms with van der Waals surface area (Å²) in [6.07, 6.45) is 1.95. The van der Waals surface area contributed by atoms with Gasteiger partial charge in [-0.15, -0.1) is 5.10 Å². The zero-order valence-corrected chi connectivity index (χ0v) is 11.2. The predicted molar refractivity (Wildman–Crippen MR) is 69.8 cm³/mol. The van der Waals surface area contributed by atoms with Crippen molar-refractivity contribution in [1.82, 2.24) is 19.8 Å². The lowest BCUT2D eigenvalue weighted by atomic mass is 10.0. The van der Waals surface area contributed by atoms with Gasteiger partial charge in [0.1, 0.15) is 10.7 Å². The Bertz CT molecular complexity index is 401. The largest absolute Gasteiger partial charge is 0.354 e. The molecule has 0 saturated carbocycles. The molecule has 2 heterocycles. The summed E-state index contributed by atoms with van der Waals surface area (Å²) in [5.41, 5.74) is 3.50. The highest BCUT2D eigenvalue weighted by Crippen LogP contribution is 2.20. The van der Waals surface area contributed by atoms with Crippen molar-refractivity contribution in [3.63, 3.8) is 0 Å². The maximum Gasteiger partial charge on any atom is 0.217 e. The summed E-state index contributed by atoms with van der Waals surface area (Å²) in [5, 5.41) is 7.84. The molecule has 0 atom stereocenters. The van der Waals surface area contributed by atoms with E-state index in [1.54, 1.807) is 6.92 Å². The third-order valence-corrected chi connectivity index (χ3v) is 3.75. The van der Waals surface area contributed by atoms with E-state index in [4.69, 9.17) is 5.84 Å². The van der Waals surface area contributed by atoms with Crippen LogP contribution in [0.1, 0.15) is 25.5 Å². The number of nitrogens with zero attached hydrogens (tertiary/aromatic N) is 3. The second-order valence-corrected chi connectivity index (χ2v) is 5.20. The van der Waals surface area contributed by atoms with Crippen molar-refractivity contribution in [3.05, 3.63) is 5.69 Å². The van der Waals surface area contributed by atoms with E-state index in [2.05, 4.69) is 25.2 Å². The fourth-order valence-electron chi connectivity index (χ4n) is 2.16. The zero-order chi connectivity index (χ0) is 13.0. The van der Waals surface area contributed by atoms with Crippen LogP contribution in [0.4, 0.5) is 5.00 Å². The number of amides is 1. The second kappa shape index (κ2) is 6.07. The van der Waals surface area contributed by atoms with Gasteiger partial charge in [-0.1, -0.05) is 4.49 Å². The molecule has 0 aliphatic carbocycles. The topological polar surface area (TPSA) is 96.2 Å². The van der Waals surface area contributed by atoms with E-state index < -0.39 is 0 Å². The van der Waals surface area contributed by atoms with Crippen LogP contribution in [0.25, 0.3) is 0 Å². The molecule has 1 fully saturated rings. The van der Waals surface area contributed by atoms with E-state index in [0.29, 0.717) is 6.04 Å². The van der Waals surface area contributed by atoms with E-state index in [-0.39, 0.29) is 5.91 Å². The van der Waals surface area contributed by atoms with E-state index in [1.165, 1.54) is 11.5 Å². The highest BCUT2D eigenvalue weighted by Gasteiger charge is 2.21. The van der Waals surface area contributed by atoms with E-state index in [9.17, 15) is 4.79 Å². The number of hydrogen-bond donors (Lipinski definition) is 3. The summed E-state index contributed by atoms with van der Waals surface area (Å²) in [5.74, 6) is 5.44. The van der Waals surface area contributed by atoms with Crippen molar-refractivity contribution in [2.45, 2.75) is 32.4 Å². The Balaban J connectivity index is 1.81. The summed E-state index contributed by atoms with van der Waals surface area (Å²) in [6, 6.07) is 0.305. The molecule has 2 rings (SSSR count). The minimum absolute atomic E-state index is 0.0479. The van der Waals surface area contributed by atoms with Crippen LogP contribution in [-0.2, 0) is 11.3 Å². The number of carbonyl (C=O) groups is 1. The molecule has 1 aromatic rings. The van der Waals surface area contributed by atoms with Crippen LogP contribution in [0, 0.1) is 0 Å². The van der Waals surface area contributed by atoms with Crippen molar-refractivity contribution >= 4 is 22.4 Å². The number of aromatic nitrogens is 2. The number of nitrogens with one attached hydrogen (secondary N) is 2. The summed E-state index contributed by atoms with van der Waals surface area (Å²) in [7, 11) is 0. The smallest absolute Gasteiger partial charge is 0.217 e.